The van der Waals surface area contributed by atoms with Gasteiger partial charge in [0.15, 0.2) is 17.5 Å². The fourth-order valence-electron chi connectivity index (χ4n) is 1.65. The summed E-state index contributed by atoms with van der Waals surface area (Å²) in [5, 5.41) is 0. The molecule has 6 nitrogen and oxygen atoms in total. The zero-order chi connectivity index (χ0) is 13.8. The third-order valence-corrected chi connectivity index (χ3v) is 2.52. The van der Waals surface area contributed by atoms with Crippen molar-refractivity contribution in [3.8, 4) is 23.0 Å². The fraction of sp³-hybridized carbons (Fsp3) is 0. The van der Waals surface area contributed by atoms with E-state index in [2.05, 4.69) is 36.5 Å². The molecule has 0 aliphatic carbocycles. The first kappa shape index (κ1) is 12.0. The first-order valence-electron chi connectivity index (χ1n) is 5.93. The lowest BCUT2D eigenvalue weighted by Crippen LogP contribution is -1.99. The standard InChI is InChI=1S/C14H10N6/c1-2-12-19-10(13-15-5-3-6-16-13)9-11(20-12)14-17-7-4-8-18-14/h2-9H,1H2. The SMILES string of the molecule is C=Cc1nc(-c2ncccn2)cc(-c2ncccn2)n1. The van der Waals surface area contributed by atoms with E-state index >= 15 is 0 Å². The molecule has 0 amide bonds. The lowest BCUT2D eigenvalue weighted by Gasteiger charge is -2.04. The minimum absolute atomic E-state index is 0.484. The molecule has 20 heavy (non-hydrogen) atoms. The first-order chi connectivity index (χ1) is 9.86. The van der Waals surface area contributed by atoms with Crippen LogP contribution < -0.4 is 0 Å². The molecule has 3 heterocycles. The summed E-state index contributed by atoms with van der Waals surface area (Å²) in [6, 6.07) is 5.26. The summed E-state index contributed by atoms with van der Waals surface area (Å²) in [5.74, 6) is 1.53. The Morgan fingerprint density at radius 2 is 1.20 bits per heavy atom. The molecule has 0 aliphatic heterocycles. The quantitative estimate of drug-likeness (QED) is 0.718. The summed E-state index contributed by atoms with van der Waals surface area (Å²) in [5.41, 5.74) is 1.22. The summed E-state index contributed by atoms with van der Waals surface area (Å²) in [6.45, 7) is 3.69. The highest BCUT2D eigenvalue weighted by molar-refractivity contribution is 5.61. The van der Waals surface area contributed by atoms with E-state index < -0.39 is 0 Å². The first-order valence-corrected chi connectivity index (χ1v) is 5.93. The molecule has 0 unspecified atom stereocenters. The van der Waals surface area contributed by atoms with Crippen LogP contribution in [-0.2, 0) is 0 Å². The summed E-state index contributed by atoms with van der Waals surface area (Å²) in [7, 11) is 0. The molecule has 0 N–H and O–H groups in total. The van der Waals surface area contributed by atoms with E-state index in [0.717, 1.165) is 0 Å². The van der Waals surface area contributed by atoms with Crippen LogP contribution in [0.5, 0.6) is 0 Å². The number of rotatable bonds is 3. The van der Waals surface area contributed by atoms with Gasteiger partial charge in [0.2, 0.25) is 0 Å². The maximum Gasteiger partial charge on any atom is 0.178 e. The topological polar surface area (TPSA) is 77.3 Å². The summed E-state index contributed by atoms with van der Waals surface area (Å²) in [6.07, 6.45) is 8.22. The van der Waals surface area contributed by atoms with Crippen molar-refractivity contribution in [2.45, 2.75) is 0 Å². The molecule has 96 valence electrons. The van der Waals surface area contributed by atoms with E-state index in [4.69, 9.17) is 0 Å². The molecule has 0 saturated heterocycles. The average molecular weight is 262 g/mol. The molecule has 0 fully saturated rings. The predicted octanol–water partition coefficient (Wildman–Crippen LogP) is 2.03. The lowest BCUT2D eigenvalue weighted by atomic mass is 10.2. The molecule has 3 aromatic rings. The van der Waals surface area contributed by atoms with Gasteiger partial charge in [0, 0.05) is 24.8 Å². The largest absolute Gasteiger partial charge is 0.235 e. The molecule has 3 rings (SSSR count). The van der Waals surface area contributed by atoms with Gasteiger partial charge in [-0.2, -0.15) is 0 Å². The van der Waals surface area contributed by atoms with E-state index in [1.165, 1.54) is 0 Å². The van der Waals surface area contributed by atoms with Crippen molar-refractivity contribution in [1.29, 1.82) is 0 Å². The van der Waals surface area contributed by atoms with Crippen LogP contribution in [-0.4, -0.2) is 29.9 Å². The molecule has 0 radical (unpaired) electrons. The van der Waals surface area contributed by atoms with Crippen LogP contribution in [0.1, 0.15) is 5.82 Å². The van der Waals surface area contributed by atoms with Crippen molar-refractivity contribution in [2.75, 3.05) is 0 Å². The van der Waals surface area contributed by atoms with Gasteiger partial charge < -0.3 is 0 Å². The monoisotopic (exact) mass is 262 g/mol. The highest BCUT2D eigenvalue weighted by atomic mass is 15.0. The second-order valence-electron chi connectivity index (χ2n) is 3.85. The zero-order valence-electron chi connectivity index (χ0n) is 10.5. The normalized spacial score (nSPS) is 10.2. The van der Waals surface area contributed by atoms with Crippen LogP contribution in [0.15, 0.2) is 49.6 Å². The Morgan fingerprint density at radius 1 is 0.750 bits per heavy atom. The summed E-state index contributed by atoms with van der Waals surface area (Å²) in [4.78, 5) is 25.4. The third kappa shape index (κ3) is 2.39. The summed E-state index contributed by atoms with van der Waals surface area (Å²) >= 11 is 0. The Labute approximate surface area is 115 Å². The Bertz CT molecular complexity index is 669. The van der Waals surface area contributed by atoms with E-state index in [-0.39, 0.29) is 0 Å². The van der Waals surface area contributed by atoms with E-state index in [1.807, 2.05) is 0 Å². The van der Waals surface area contributed by atoms with Crippen LogP contribution in [0.2, 0.25) is 0 Å². The molecule has 0 aliphatic rings. The Morgan fingerprint density at radius 3 is 1.60 bits per heavy atom. The number of hydrogen-bond acceptors (Lipinski definition) is 6. The maximum absolute atomic E-state index is 4.34. The van der Waals surface area contributed by atoms with Gasteiger partial charge in [-0.15, -0.1) is 0 Å². The highest BCUT2D eigenvalue weighted by Gasteiger charge is 2.10. The van der Waals surface area contributed by atoms with E-state index in [9.17, 15) is 0 Å². The molecule has 0 saturated carbocycles. The molecule has 0 bridgehead atoms. The van der Waals surface area contributed by atoms with Crippen LogP contribution in [0.4, 0.5) is 0 Å². The second-order valence-corrected chi connectivity index (χ2v) is 3.85. The minimum atomic E-state index is 0.484. The van der Waals surface area contributed by atoms with E-state index in [1.54, 1.807) is 49.1 Å². The van der Waals surface area contributed by atoms with Crippen molar-refractivity contribution in [1.82, 2.24) is 29.9 Å². The molecule has 0 aromatic carbocycles. The molecular weight excluding hydrogens is 252 g/mol. The van der Waals surface area contributed by atoms with Crippen molar-refractivity contribution in [3.05, 3.63) is 55.4 Å². The van der Waals surface area contributed by atoms with Crippen molar-refractivity contribution in [3.63, 3.8) is 0 Å². The number of hydrogen-bond donors (Lipinski definition) is 0. The van der Waals surface area contributed by atoms with Gasteiger partial charge in [0.1, 0.15) is 11.4 Å². The zero-order valence-corrected chi connectivity index (χ0v) is 10.5. The highest BCUT2D eigenvalue weighted by Crippen LogP contribution is 2.18. The molecular formula is C14H10N6. The van der Waals surface area contributed by atoms with Crippen LogP contribution in [0.25, 0.3) is 29.1 Å². The second kappa shape index (κ2) is 5.31. The maximum atomic E-state index is 4.34. The van der Waals surface area contributed by atoms with Gasteiger partial charge in [0.05, 0.1) is 0 Å². The molecule has 0 spiro atoms. The number of nitrogens with zero attached hydrogens (tertiary/aromatic N) is 6. The number of aromatic nitrogens is 6. The Balaban J connectivity index is 2.15. The predicted molar refractivity (Wildman–Crippen MR) is 74.2 cm³/mol. The van der Waals surface area contributed by atoms with Crippen molar-refractivity contribution < 1.29 is 0 Å². The van der Waals surface area contributed by atoms with E-state index in [0.29, 0.717) is 28.9 Å². The van der Waals surface area contributed by atoms with Crippen LogP contribution >= 0.6 is 0 Å². The fourth-order valence-corrected chi connectivity index (χ4v) is 1.65. The minimum Gasteiger partial charge on any atom is -0.235 e. The molecule has 0 atom stereocenters. The van der Waals surface area contributed by atoms with Crippen molar-refractivity contribution >= 4 is 6.08 Å². The third-order valence-electron chi connectivity index (χ3n) is 2.52. The van der Waals surface area contributed by atoms with Gasteiger partial charge >= 0.3 is 0 Å². The van der Waals surface area contributed by atoms with Gasteiger partial charge in [-0.3, -0.25) is 0 Å². The van der Waals surface area contributed by atoms with Crippen LogP contribution in [0, 0.1) is 0 Å². The van der Waals surface area contributed by atoms with Gasteiger partial charge in [-0.05, 0) is 24.3 Å². The smallest absolute Gasteiger partial charge is 0.178 e. The van der Waals surface area contributed by atoms with Gasteiger partial charge in [0.25, 0.3) is 0 Å². The van der Waals surface area contributed by atoms with Crippen LogP contribution in [0.3, 0.4) is 0 Å². The lowest BCUT2D eigenvalue weighted by molar-refractivity contribution is 1.06. The molecule has 6 heteroatoms. The molecule has 3 aromatic heterocycles. The Kier molecular flexibility index (Phi) is 3.20. The van der Waals surface area contributed by atoms with Crippen molar-refractivity contribution in [2.24, 2.45) is 0 Å². The average Bonchev–Trinajstić information content (AvgIpc) is 2.56. The Hall–Kier alpha value is -3.02. The van der Waals surface area contributed by atoms with Gasteiger partial charge in [-0.1, -0.05) is 6.58 Å². The van der Waals surface area contributed by atoms with Gasteiger partial charge in [-0.25, -0.2) is 29.9 Å². The summed E-state index contributed by atoms with van der Waals surface area (Å²) < 4.78 is 0.